The van der Waals surface area contributed by atoms with E-state index >= 15 is 0 Å². The minimum Gasteiger partial charge on any atom is -0.390 e. The van der Waals surface area contributed by atoms with Gasteiger partial charge in [-0.3, -0.25) is 0 Å². The van der Waals surface area contributed by atoms with Crippen LogP contribution in [0.15, 0.2) is 17.6 Å². The SMILES string of the molecule is Cc1cc(NCc2nc(CO)cs2)cnc1N1CCCCC1C. The lowest BCUT2D eigenvalue weighted by Crippen LogP contribution is -2.38. The lowest BCUT2D eigenvalue weighted by molar-refractivity contribution is 0.277. The summed E-state index contributed by atoms with van der Waals surface area (Å²) < 4.78 is 0. The van der Waals surface area contributed by atoms with Crippen molar-refractivity contribution in [3.05, 3.63) is 33.9 Å². The number of aliphatic hydroxyl groups excluding tert-OH is 1. The van der Waals surface area contributed by atoms with E-state index in [1.807, 2.05) is 11.6 Å². The molecule has 3 rings (SSSR count). The molecule has 23 heavy (non-hydrogen) atoms. The molecule has 1 unspecified atom stereocenters. The van der Waals surface area contributed by atoms with Gasteiger partial charge in [0.25, 0.3) is 0 Å². The van der Waals surface area contributed by atoms with E-state index in [0.29, 0.717) is 12.6 Å². The fraction of sp³-hybridized carbons (Fsp3) is 0.529. The van der Waals surface area contributed by atoms with Crippen LogP contribution in [0.2, 0.25) is 0 Å². The van der Waals surface area contributed by atoms with Crippen molar-refractivity contribution < 1.29 is 5.11 Å². The second-order valence-electron chi connectivity index (χ2n) is 6.15. The van der Waals surface area contributed by atoms with Crippen LogP contribution in [0.25, 0.3) is 0 Å². The first-order valence-electron chi connectivity index (χ1n) is 8.18. The number of hydrogen-bond donors (Lipinski definition) is 2. The topological polar surface area (TPSA) is 61.3 Å². The van der Waals surface area contributed by atoms with E-state index in [2.05, 4.69) is 35.1 Å². The third-order valence-electron chi connectivity index (χ3n) is 4.33. The predicted molar refractivity (Wildman–Crippen MR) is 95.0 cm³/mol. The van der Waals surface area contributed by atoms with Crippen molar-refractivity contribution in [2.24, 2.45) is 0 Å². The van der Waals surface area contributed by atoms with Gasteiger partial charge in [-0.2, -0.15) is 0 Å². The summed E-state index contributed by atoms with van der Waals surface area (Å²) in [4.78, 5) is 11.5. The van der Waals surface area contributed by atoms with Gasteiger partial charge in [-0.1, -0.05) is 0 Å². The van der Waals surface area contributed by atoms with E-state index in [0.717, 1.165) is 28.8 Å². The highest BCUT2D eigenvalue weighted by Crippen LogP contribution is 2.27. The molecule has 0 bridgehead atoms. The van der Waals surface area contributed by atoms with Gasteiger partial charge in [-0.25, -0.2) is 9.97 Å². The van der Waals surface area contributed by atoms with Gasteiger partial charge in [0.05, 0.1) is 30.7 Å². The minimum absolute atomic E-state index is 0.000119. The normalized spacial score (nSPS) is 18.2. The maximum absolute atomic E-state index is 9.06. The van der Waals surface area contributed by atoms with E-state index in [1.165, 1.54) is 24.8 Å². The van der Waals surface area contributed by atoms with Gasteiger partial charge in [-0.15, -0.1) is 11.3 Å². The zero-order chi connectivity index (χ0) is 16.2. The average Bonchev–Trinajstić information content (AvgIpc) is 3.02. The number of piperidine rings is 1. The molecule has 3 heterocycles. The van der Waals surface area contributed by atoms with Crippen molar-refractivity contribution in [3.8, 4) is 0 Å². The average molecular weight is 332 g/mol. The zero-order valence-electron chi connectivity index (χ0n) is 13.7. The second-order valence-corrected chi connectivity index (χ2v) is 7.09. The molecule has 0 amide bonds. The summed E-state index contributed by atoms with van der Waals surface area (Å²) in [5.74, 6) is 1.11. The molecule has 1 aliphatic rings. The third kappa shape index (κ3) is 3.82. The fourth-order valence-electron chi connectivity index (χ4n) is 3.06. The highest BCUT2D eigenvalue weighted by atomic mass is 32.1. The van der Waals surface area contributed by atoms with Crippen molar-refractivity contribution in [3.63, 3.8) is 0 Å². The second kappa shape index (κ2) is 7.27. The molecule has 0 aromatic carbocycles. The van der Waals surface area contributed by atoms with Gasteiger partial charge < -0.3 is 15.3 Å². The molecule has 0 radical (unpaired) electrons. The highest BCUT2D eigenvalue weighted by molar-refractivity contribution is 7.09. The highest BCUT2D eigenvalue weighted by Gasteiger charge is 2.21. The summed E-state index contributed by atoms with van der Waals surface area (Å²) in [5.41, 5.74) is 2.95. The number of nitrogens with one attached hydrogen (secondary N) is 1. The minimum atomic E-state index is -0.000119. The Kier molecular flexibility index (Phi) is 5.13. The number of hydrogen-bond acceptors (Lipinski definition) is 6. The van der Waals surface area contributed by atoms with Gasteiger partial charge in [0, 0.05) is 18.0 Å². The van der Waals surface area contributed by atoms with Gasteiger partial charge in [0.15, 0.2) is 0 Å². The molecule has 2 aromatic rings. The third-order valence-corrected chi connectivity index (χ3v) is 5.23. The van der Waals surface area contributed by atoms with Crippen LogP contribution >= 0.6 is 11.3 Å². The number of anilines is 2. The summed E-state index contributed by atoms with van der Waals surface area (Å²) in [6.45, 7) is 6.17. The molecule has 1 saturated heterocycles. The van der Waals surface area contributed by atoms with Crippen molar-refractivity contribution in [1.82, 2.24) is 9.97 Å². The van der Waals surface area contributed by atoms with Crippen LogP contribution in [0.3, 0.4) is 0 Å². The lowest BCUT2D eigenvalue weighted by atomic mass is 10.0. The molecule has 0 spiro atoms. The molecular formula is C17H24N4OS. The first kappa shape index (κ1) is 16.2. The number of pyridine rings is 1. The number of rotatable bonds is 5. The van der Waals surface area contributed by atoms with E-state index in [9.17, 15) is 0 Å². The van der Waals surface area contributed by atoms with E-state index in [4.69, 9.17) is 10.1 Å². The Morgan fingerprint density at radius 2 is 2.30 bits per heavy atom. The van der Waals surface area contributed by atoms with Crippen LogP contribution < -0.4 is 10.2 Å². The van der Waals surface area contributed by atoms with Gasteiger partial charge in [0.2, 0.25) is 0 Å². The molecule has 1 aliphatic heterocycles. The lowest BCUT2D eigenvalue weighted by Gasteiger charge is -2.35. The van der Waals surface area contributed by atoms with Crippen LogP contribution in [0.4, 0.5) is 11.5 Å². The molecule has 6 heteroatoms. The molecule has 2 aromatic heterocycles. The standard InChI is InChI=1S/C17H24N4OS/c1-12-7-14(18-9-16-20-15(10-22)11-23-16)8-19-17(12)21-6-4-3-5-13(21)2/h7-8,11,13,18,22H,3-6,9-10H2,1-2H3. The largest absolute Gasteiger partial charge is 0.390 e. The van der Waals surface area contributed by atoms with Crippen LogP contribution in [0.1, 0.15) is 42.5 Å². The van der Waals surface area contributed by atoms with E-state index in [1.54, 1.807) is 11.3 Å². The Morgan fingerprint density at radius 1 is 1.43 bits per heavy atom. The Hall–Kier alpha value is -1.66. The predicted octanol–water partition coefficient (Wildman–Crippen LogP) is 3.33. The number of aromatic nitrogens is 2. The molecule has 1 atom stereocenters. The number of aliphatic hydroxyl groups is 1. The zero-order valence-corrected chi connectivity index (χ0v) is 14.6. The van der Waals surface area contributed by atoms with Gasteiger partial charge >= 0.3 is 0 Å². The van der Waals surface area contributed by atoms with Crippen molar-refractivity contribution in [2.75, 3.05) is 16.8 Å². The van der Waals surface area contributed by atoms with Gasteiger partial charge in [0.1, 0.15) is 10.8 Å². The Bertz CT molecular complexity index is 658. The van der Waals surface area contributed by atoms with E-state index < -0.39 is 0 Å². The monoisotopic (exact) mass is 332 g/mol. The Labute approximate surface area is 141 Å². The van der Waals surface area contributed by atoms with Crippen molar-refractivity contribution in [2.45, 2.75) is 52.3 Å². The number of aryl methyl sites for hydroxylation is 1. The van der Waals surface area contributed by atoms with Crippen molar-refractivity contribution >= 4 is 22.8 Å². The summed E-state index contributed by atoms with van der Waals surface area (Å²) in [5, 5.41) is 15.3. The molecule has 2 N–H and O–H groups in total. The van der Waals surface area contributed by atoms with Crippen LogP contribution in [-0.4, -0.2) is 27.7 Å². The van der Waals surface area contributed by atoms with Crippen molar-refractivity contribution in [1.29, 1.82) is 0 Å². The van der Waals surface area contributed by atoms with E-state index in [-0.39, 0.29) is 6.61 Å². The maximum atomic E-state index is 9.06. The van der Waals surface area contributed by atoms with Gasteiger partial charge in [-0.05, 0) is 44.7 Å². The molecule has 124 valence electrons. The summed E-state index contributed by atoms with van der Waals surface area (Å²) in [6.07, 6.45) is 5.73. The first-order chi connectivity index (χ1) is 11.2. The fourth-order valence-corrected chi connectivity index (χ4v) is 3.78. The maximum Gasteiger partial charge on any atom is 0.131 e. The molecular weight excluding hydrogens is 308 g/mol. The molecule has 5 nitrogen and oxygen atoms in total. The first-order valence-corrected chi connectivity index (χ1v) is 9.06. The summed E-state index contributed by atoms with van der Waals surface area (Å²) >= 11 is 1.56. The Morgan fingerprint density at radius 3 is 3.00 bits per heavy atom. The molecule has 0 saturated carbocycles. The summed E-state index contributed by atoms with van der Waals surface area (Å²) in [6, 6.07) is 2.73. The van der Waals surface area contributed by atoms with Crippen LogP contribution in [0.5, 0.6) is 0 Å². The van der Waals surface area contributed by atoms with Crippen LogP contribution in [0, 0.1) is 6.92 Å². The number of thiazole rings is 1. The quantitative estimate of drug-likeness (QED) is 0.879. The smallest absolute Gasteiger partial charge is 0.131 e. The molecule has 1 fully saturated rings. The Balaban J connectivity index is 1.66. The molecule has 0 aliphatic carbocycles. The van der Waals surface area contributed by atoms with Crippen LogP contribution in [-0.2, 0) is 13.2 Å². The number of nitrogens with zero attached hydrogens (tertiary/aromatic N) is 3. The summed E-state index contributed by atoms with van der Waals surface area (Å²) in [7, 11) is 0.